The molecule has 0 bridgehead atoms. The van der Waals surface area contributed by atoms with Crippen molar-refractivity contribution in [2.24, 2.45) is 0 Å². The van der Waals surface area contributed by atoms with Crippen LogP contribution in [0.4, 0.5) is 28.4 Å². The molecule has 137 heavy (non-hydrogen) atoms. The summed E-state index contributed by atoms with van der Waals surface area (Å²) in [5, 5.41) is 13.3. The van der Waals surface area contributed by atoms with Crippen LogP contribution in [0, 0.1) is 391 Å². The van der Waals surface area contributed by atoms with Crippen LogP contribution in [0.15, 0.2) is 279 Å². The molecule has 0 aliphatic carbocycles. The van der Waals surface area contributed by atoms with Crippen molar-refractivity contribution >= 4 is 95.3 Å². The first kappa shape index (κ1) is 95.5. The van der Waals surface area contributed by atoms with E-state index in [1.54, 1.807) is 6.92 Å². The van der Waals surface area contributed by atoms with E-state index in [-0.39, 0.29) is 0 Å². The molecule has 0 fully saturated rings. The number of hydrogen-bond acceptors (Lipinski definition) is 2. The predicted molar refractivity (Wildman–Crippen MR) is 566 cm³/mol. The maximum atomic E-state index is 4.95. The van der Waals surface area contributed by atoms with Gasteiger partial charge in [0.25, 0.3) is 0 Å². The Bertz CT molecular complexity index is 9190. The van der Waals surface area contributed by atoms with Gasteiger partial charge in [-0.2, -0.15) is 0 Å². The number of rotatable bonds is 10. The Kier molecular flexibility index (Phi) is 42.3. The molecule has 2 heteroatoms. The van der Waals surface area contributed by atoms with E-state index in [0.717, 1.165) is 28.4 Å². The molecule has 0 saturated carbocycles. The minimum absolute atomic E-state index is 1.11. The van der Waals surface area contributed by atoms with Gasteiger partial charge < -0.3 is 10.2 Å². The predicted octanol–water partition coefficient (Wildman–Crippen LogP) is 19.7. The van der Waals surface area contributed by atoms with Crippen molar-refractivity contribution in [3.8, 4) is 391 Å². The number of fused-ring (bicyclic) bond motifs is 4. The summed E-state index contributed by atoms with van der Waals surface area (Å²) in [5.41, 5.74) is 12.8. The van der Waals surface area contributed by atoms with Crippen LogP contribution in [0.1, 0.15) is 34.7 Å². The molecule has 2 nitrogen and oxygen atoms in total. The highest BCUT2D eigenvalue weighted by Crippen LogP contribution is 2.38. The third-order valence-electron chi connectivity index (χ3n) is 16.8. The molecule has 12 rings (SSSR count). The summed E-state index contributed by atoms with van der Waals surface area (Å²) >= 11 is 0. The van der Waals surface area contributed by atoms with Crippen molar-refractivity contribution in [1.82, 2.24) is 0 Å². The highest BCUT2D eigenvalue weighted by atomic mass is 15.1. The van der Waals surface area contributed by atoms with Crippen LogP contribution in [0.25, 0.3) is 66.9 Å². The summed E-state index contributed by atoms with van der Waals surface area (Å²) in [4.78, 5) is 2.34. The second-order valence-electron chi connectivity index (χ2n) is 25.8. The van der Waals surface area contributed by atoms with Gasteiger partial charge >= 0.3 is 0 Å². The molecule has 0 aromatic heterocycles. The summed E-state index contributed by atoms with van der Waals surface area (Å²) in [6.07, 6.45) is 11.7. The third kappa shape index (κ3) is 38.1. The van der Waals surface area contributed by atoms with Crippen LogP contribution in [0.5, 0.6) is 0 Å². The number of nitrogens with one attached hydrogen (secondary N) is 1. The van der Waals surface area contributed by atoms with Crippen molar-refractivity contribution in [3.63, 3.8) is 0 Å². The van der Waals surface area contributed by atoms with E-state index in [1.165, 1.54) is 76.5 Å². The number of benzene rings is 12. The van der Waals surface area contributed by atoms with Crippen molar-refractivity contribution in [1.29, 1.82) is 0 Å². The van der Waals surface area contributed by atoms with Crippen molar-refractivity contribution in [2.45, 2.75) is 6.92 Å². The summed E-state index contributed by atoms with van der Waals surface area (Å²) in [5.74, 6) is 162. The van der Waals surface area contributed by atoms with Gasteiger partial charge in [0.1, 0.15) is 0 Å². The van der Waals surface area contributed by atoms with Crippen LogP contribution in [-0.4, -0.2) is 0 Å². The Morgan fingerprint density at radius 1 is 0.197 bits per heavy atom. The lowest BCUT2D eigenvalue weighted by Gasteiger charge is -2.26. The fourth-order valence-electron chi connectivity index (χ4n) is 11.2. The van der Waals surface area contributed by atoms with Crippen molar-refractivity contribution in [2.75, 3.05) is 10.2 Å². The van der Waals surface area contributed by atoms with Gasteiger partial charge in [-0.3, -0.25) is 0 Å². The molecule has 0 amide bonds. The average molecular weight is 1700 g/mol. The monoisotopic (exact) mass is 1700 g/mol. The molecule has 604 valence electrons. The van der Waals surface area contributed by atoms with Crippen LogP contribution in [-0.2, 0) is 0 Å². The van der Waals surface area contributed by atoms with Gasteiger partial charge in [-0.1, -0.05) is 218 Å². The van der Waals surface area contributed by atoms with Gasteiger partial charge in [-0.15, -0.1) is 6.42 Å². The molecule has 0 heterocycles. The Morgan fingerprint density at radius 2 is 0.431 bits per heavy atom. The molecule has 0 aliphatic rings. The Morgan fingerprint density at radius 3 is 0.752 bits per heavy atom. The van der Waals surface area contributed by atoms with Crippen LogP contribution >= 0.6 is 0 Å². The van der Waals surface area contributed by atoms with E-state index in [0.29, 0.717) is 0 Å². The zero-order valence-electron chi connectivity index (χ0n) is 72.8. The van der Waals surface area contributed by atoms with Crippen molar-refractivity contribution in [3.05, 3.63) is 307 Å². The number of terminal acetylenes is 1. The van der Waals surface area contributed by atoms with Gasteiger partial charge in [0.05, 0.1) is 0 Å². The third-order valence-corrected chi connectivity index (χ3v) is 16.8. The normalized spacial score (nSPS) is 7.59. The molecule has 0 spiro atoms. The highest BCUT2D eigenvalue weighted by molar-refractivity contribution is 5.97. The topological polar surface area (TPSA) is 15.3 Å². The molecular weight excluding hydrogens is 1650 g/mol. The van der Waals surface area contributed by atoms with E-state index >= 15 is 0 Å². The summed E-state index contributed by atoms with van der Waals surface area (Å²) in [7, 11) is 0. The lowest BCUT2D eigenvalue weighted by molar-refractivity contribution is 1.29. The zero-order chi connectivity index (χ0) is 94.9. The summed E-state index contributed by atoms with van der Waals surface area (Å²) in [6, 6.07) is 99.0. The fraction of sp³-hybridized carbons (Fsp3) is 0.00741. The van der Waals surface area contributed by atoms with Gasteiger partial charge in [0, 0.05) is 313 Å². The summed E-state index contributed by atoms with van der Waals surface area (Å²) in [6.45, 7) is 1.68. The highest BCUT2D eigenvalue weighted by Gasteiger charge is 2.14. The molecule has 12 aromatic rings. The Labute approximate surface area is 804 Å². The largest absolute Gasteiger partial charge is 0.356 e. The van der Waals surface area contributed by atoms with E-state index in [9.17, 15) is 0 Å². The molecule has 0 atom stereocenters. The number of hydrogen-bond donors (Lipinski definition) is 1. The maximum Gasteiger partial charge on any atom is 0.0468 e. The lowest BCUT2D eigenvalue weighted by Crippen LogP contribution is -2.09. The minimum Gasteiger partial charge on any atom is -0.356 e. The zero-order valence-corrected chi connectivity index (χ0v) is 72.8. The Hall–Kier alpha value is -23.8. The molecule has 0 radical (unpaired) electrons. The number of anilines is 5. The van der Waals surface area contributed by atoms with Gasteiger partial charge in [-0.05, 0) is 263 Å². The van der Waals surface area contributed by atoms with Gasteiger partial charge in [-0.25, -0.2) is 0 Å². The van der Waals surface area contributed by atoms with Gasteiger partial charge in [0.2, 0.25) is 0 Å². The summed E-state index contributed by atoms with van der Waals surface area (Å²) < 4.78 is 0. The van der Waals surface area contributed by atoms with Crippen LogP contribution in [0.2, 0.25) is 0 Å². The second kappa shape index (κ2) is 60.7. The first-order valence-electron chi connectivity index (χ1n) is 40.7. The van der Waals surface area contributed by atoms with Crippen molar-refractivity contribution < 1.29 is 0 Å². The number of nitrogens with zero attached hydrogens (tertiary/aromatic N) is 1. The second-order valence-corrected chi connectivity index (χ2v) is 25.8. The average Bonchev–Trinajstić information content (AvgIpc) is 0.783. The quantitative estimate of drug-likeness (QED) is 0.108. The van der Waals surface area contributed by atoms with Gasteiger partial charge in [0.15, 0.2) is 0 Å². The molecule has 0 aliphatic heterocycles. The first-order valence-corrected chi connectivity index (χ1v) is 40.7. The molecule has 0 unspecified atom stereocenters. The first-order chi connectivity index (χ1) is 68.1. The molecule has 12 aromatic carbocycles. The van der Waals surface area contributed by atoms with E-state index in [4.69, 9.17) is 6.42 Å². The van der Waals surface area contributed by atoms with E-state index in [1.807, 2.05) is 18.2 Å². The van der Waals surface area contributed by atoms with Crippen LogP contribution in [0.3, 0.4) is 0 Å². The smallest absolute Gasteiger partial charge is 0.0468 e. The lowest BCUT2D eigenvalue weighted by atomic mass is 9.95. The molecule has 1 N–H and O–H groups in total. The maximum absolute atomic E-state index is 4.95. The standard InChI is InChI=1S/C67H4.C52H37N.C16H13N/c1-3-5-7-9-11-13-15-17-19-21-23-25-27-29-31-33-35-37-39-41-43-45-47-49-51-53-55-57-59-61-63-65-67-66-64-62-60-58-56-54-52-50-48-46-44-42-40-38-36-34-32-30-28-26-24-22-20-18-16-14-12-10-8-6-4-2;1-4-13-42(14-5-1)52(43-15-6-2-7-16-43)35-40-24-27-45-32-38(22-25-46(45)34-40)20-21-39-23-26-48-37-51(31-29-47(48)33-39)53(49-18-8-3-9-19-49)50-30-28-41-12-10-11-17-44(41)36-50;1-2-8-15(9-3-1)17-16-11-10-13-6-4-5-7-14(13)12-16/h1H,2H3;1-37H;1-12,17H/b;21-20+;. The SMILES string of the molecule is C#CC#CC#CC#CC#CC#CC#CC#CC#CC#CC#CC#CC#CC#CC#CC#CC#CC#CC#CC#CC#CC#CC#CC#CC#CC#CC#CC#CC#CC#CC#CC#CC#CC.C(=C(c1ccccc1)c1ccccc1)c1ccc2cc(/C=C/c3ccc4cc(N(c5ccccc5)c5ccc6ccccc6c5)ccc4c3)ccc2c1.c1ccc(Nc2ccc3ccccc3c2)cc1. The molecular formula is C135H54N2. The molecule has 0 saturated heterocycles. The van der Waals surface area contributed by atoms with Crippen LogP contribution < -0.4 is 10.2 Å². The van der Waals surface area contributed by atoms with E-state index < -0.39 is 0 Å². The fourth-order valence-corrected chi connectivity index (χ4v) is 11.2. The Balaban J connectivity index is 0.000000243. The van der Waals surface area contributed by atoms with E-state index in [2.05, 4.69) is 674 Å². The minimum atomic E-state index is 1.11. The number of para-hydroxylation sites is 2.